The Balaban J connectivity index is 1.94. The highest BCUT2D eigenvalue weighted by atomic mass is 32.2. The SMILES string of the molecule is CN(C)S(=O)(=O)c1ccc(S(=O)(=O)Nc2cc(F)c(F)cc2N2CCCCC2)cc1. The lowest BCUT2D eigenvalue weighted by Gasteiger charge is -2.30. The van der Waals surface area contributed by atoms with Gasteiger partial charge in [-0.15, -0.1) is 0 Å². The van der Waals surface area contributed by atoms with Gasteiger partial charge in [0, 0.05) is 39.3 Å². The molecule has 0 atom stereocenters. The maximum Gasteiger partial charge on any atom is 0.261 e. The molecule has 1 aliphatic heterocycles. The van der Waals surface area contributed by atoms with Crippen molar-refractivity contribution in [3.05, 3.63) is 48.0 Å². The Bertz CT molecular complexity index is 1130. The van der Waals surface area contributed by atoms with Gasteiger partial charge in [-0.1, -0.05) is 0 Å². The van der Waals surface area contributed by atoms with E-state index >= 15 is 0 Å². The van der Waals surface area contributed by atoms with E-state index in [1.807, 2.05) is 4.90 Å². The minimum Gasteiger partial charge on any atom is -0.370 e. The highest BCUT2D eigenvalue weighted by Gasteiger charge is 2.23. The monoisotopic (exact) mass is 459 g/mol. The summed E-state index contributed by atoms with van der Waals surface area (Å²) in [6, 6.07) is 6.48. The molecule has 1 fully saturated rings. The van der Waals surface area contributed by atoms with E-state index in [1.54, 1.807) is 0 Å². The lowest BCUT2D eigenvalue weighted by atomic mass is 10.1. The second kappa shape index (κ2) is 8.48. The second-order valence-electron chi connectivity index (χ2n) is 7.20. The maximum absolute atomic E-state index is 13.9. The van der Waals surface area contributed by atoms with Crippen molar-refractivity contribution >= 4 is 31.4 Å². The lowest BCUT2D eigenvalue weighted by Crippen LogP contribution is -2.30. The average Bonchev–Trinajstić information content (AvgIpc) is 2.71. The van der Waals surface area contributed by atoms with E-state index in [4.69, 9.17) is 0 Å². The summed E-state index contributed by atoms with van der Waals surface area (Å²) >= 11 is 0. The van der Waals surface area contributed by atoms with Crippen LogP contribution >= 0.6 is 0 Å². The Kier molecular flexibility index (Phi) is 6.34. The van der Waals surface area contributed by atoms with Crippen LogP contribution in [0.3, 0.4) is 0 Å². The molecule has 2 aromatic carbocycles. The van der Waals surface area contributed by atoms with Crippen LogP contribution in [0.15, 0.2) is 46.2 Å². The molecule has 30 heavy (non-hydrogen) atoms. The summed E-state index contributed by atoms with van der Waals surface area (Å²) in [6.45, 7) is 1.22. The van der Waals surface area contributed by atoms with E-state index in [-0.39, 0.29) is 21.2 Å². The van der Waals surface area contributed by atoms with Gasteiger partial charge in [-0.25, -0.2) is 29.9 Å². The van der Waals surface area contributed by atoms with Crippen LogP contribution in [0.25, 0.3) is 0 Å². The summed E-state index contributed by atoms with van der Waals surface area (Å²) in [5.41, 5.74) is 0.199. The van der Waals surface area contributed by atoms with Crippen LogP contribution in [0.1, 0.15) is 19.3 Å². The van der Waals surface area contributed by atoms with Crippen molar-refractivity contribution in [3.63, 3.8) is 0 Å². The van der Waals surface area contributed by atoms with E-state index in [0.29, 0.717) is 13.1 Å². The first-order chi connectivity index (χ1) is 14.0. The summed E-state index contributed by atoms with van der Waals surface area (Å²) in [4.78, 5) is 1.55. The van der Waals surface area contributed by atoms with Gasteiger partial charge in [0.15, 0.2) is 11.6 Å². The third-order valence-corrected chi connectivity index (χ3v) is 8.10. The first-order valence-electron chi connectivity index (χ1n) is 9.32. The molecule has 0 aromatic heterocycles. The van der Waals surface area contributed by atoms with E-state index in [0.717, 1.165) is 47.8 Å². The van der Waals surface area contributed by atoms with Crippen LogP contribution in [-0.4, -0.2) is 48.3 Å². The van der Waals surface area contributed by atoms with Gasteiger partial charge < -0.3 is 4.90 Å². The molecular formula is C19H23F2N3O4S2. The summed E-state index contributed by atoms with van der Waals surface area (Å²) < 4.78 is 81.0. The van der Waals surface area contributed by atoms with Crippen molar-refractivity contribution in [2.24, 2.45) is 0 Å². The van der Waals surface area contributed by atoms with Gasteiger partial charge >= 0.3 is 0 Å². The predicted octanol–water partition coefficient (Wildman–Crippen LogP) is 3.01. The van der Waals surface area contributed by atoms with Crippen LogP contribution in [0.2, 0.25) is 0 Å². The fourth-order valence-electron chi connectivity index (χ4n) is 3.22. The molecule has 1 saturated heterocycles. The topological polar surface area (TPSA) is 86.8 Å². The zero-order valence-electron chi connectivity index (χ0n) is 16.6. The number of hydrogen-bond acceptors (Lipinski definition) is 5. The number of nitrogens with one attached hydrogen (secondary N) is 1. The number of sulfonamides is 2. The van der Waals surface area contributed by atoms with Crippen molar-refractivity contribution in [1.29, 1.82) is 0 Å². The summed E-state index contributed by atoms with van der Waals surface area (Å²) in [5, 5.41) is 0. The van der Waals surface area contributed by atoms with Crippen molar-refractivity contribution in [2.75, 3.05) is 36.8 Å². The fraction of sp³-hybridized carbons (Fsp3) is 0.368. The highest BCUT2D eigenvalue weighted by molar-refractivity contribution is 7.92. The summed E-state index contributed by atoms with van der Waals surface area (Å²) in [7, 11) is -5.13. The van der Waals surface area contributed by atoms with Crippen molar-refractivity contribution in [3.8, 4) is 0 Å². The van der Waals surface area contributed by atoms with Crippen LogP contribution < -0.4 is 9.62 Å². The second-order valence-corrected chi connectivity index (χ2v) is 11.0. The highest BCUT2D eigenvalue weighted by Crippen LogP contribution is 2.32. The zero-order chi connectivity index (χ0) is 22.1. The maximum atomic E-state index is 13.9. The van der Waals surface area contributed by atoms with E-state index in [2.05, 4.69) is 4.72 Å². The summed E-state index contributed by atoms with van der Waals surface area (Å²) in [5.74, 6) is -2.22. The third-order valence-electron chi connectivity index (χ3n) is 4.89. The molecule has 11 heteroatoms. The fourth-order valence-corrected chi connectivity index (χ4v) is 5.19. The Morgan fingerprint density at radius 2 is 1.40 bits per heavy atom. The first kappa shape index (κ1) is 22.4. The number of nitrogens with zero attached hydrogens (tertiary/aromatic N) is 2. The molecule has 164 valence electrons. The number of halogens is 2. The number of piperidine rings is 1. The molecule has 1 aliphatic rings. The number of benzene rings is 2. The third kappa shape index (κ3) is 4.57. The Morgan fingerprint density at radius 1 is 0.867 bits per heavy atom. The van der Waals surface area contributed by atoms with Crippen molar-refractivity contribution in [2.45, 2.75) is 29.1 Å². The quantitative estimate of drug-likeness (QED) is 0.718. The Morgan fingerprint density at radius 3 is 1.97 bits per heavy atom. The largest absolute Gasteiger partial charge is 0.370 e. The number of hydrogen-bond donors (Lipinski definition) is 1. The smallest absolute Gasteiger partial charge is 0.261 e. The molecule has 2 aromatic rings. The van der Waals surface area contributed by atoms with Crippen LogP contribution in [-0.2, 0) is 20.0 Å². The standard InChI is InChI=1S/C19H23F2N3O4S2/c1-23(2)30(27,28)15-8-6-14(7-9-15)29(25,26)22-18-12-16(20)17(21)13-19(18)24-10-4-3-5-11-24/h6-9,12-13,22H,3-5,10-11H2,1-2H3. The van der Waals surface area contributed by atoms with Gasteiger partial charge in [0.1, 0.15) is 0 Å². The first-order valence-corrected chi connectivity index (χ1v) is 12.2. The van der Waals surface area contributed by atoms with Gasteiger partial charge in [-0.3, -0.25) is 4.72 Å². The van der Waals surface area contributed by atoms with E-state index < -0.39 is 31.7 Å². The van der Waals surface area contributed by atoms with Gasteiger partial charge in [0.05, 0.1) is 21.2 Å². The molecule has 0 bridgehead atoms. The number of anilines is 2. The Labute approximate surface area is 175 Å². The molecule has 0 unspecified atom stereocenters. The molecule has 0 aliphatic carbocycles. The van der Waals surface area contributed by atoms with Crippen molar-refractivity contribution in [1.82, 2.24) is 4.31 Å². The number of rotatable bonds is 6. The molecule has 0 spiro atoms. The van der Waals surface area contributed by atoms with Crippen molar-refractivity contribution < 1.29 is 25.6 Å². The van der Waals surface area contributed by atoms with E-state index in [9.17, 15) is 25.6 Å². The van der Waals surface area contributed by atoms with E-state index in [1.165, 1.54) is 26.2 Å². The molecule has 7 nitrogen and oxygen atoms in total. The Hall–Kier alpha value is -2.24. The molecule has 0 saturated carbocycles. The van der Waals surface area contributed by atoms with Gasteiger partial charge in [-0.2, -0.15) is 0 Å². The average molecular weight is 460 g/mol. The van der Waals surface area contributed by atoms with Crippen LogP contribution in [0.4, 0.5) is 20.2 Å². The minimum absolute atomic E-state index is 0.0618. The van der Waals surface area contributed by atoms with Gasteiger partial charge in [0.2, 0.25) is 10.0 Å². The normalized spacial score (nSPS) is 15.4. The summed E-state index contributed by atoms with van der Waals surface area (Å²) in [6.07, 6.45) is 2.75. The predicted molar refractivity (Wildman–Crippen MR) is 111 cm³/mol. The lowest BCUT2D eigenvalue weighted by molar-refractivity contribution is 0.507. The molecule has 1 N–H and O–H groups in total. The molecule has 0 radical (unpaired) electrons. The van der Waals surface area contributed by atoms with Crippen LogP contribution in [0.5, 0.6) is 0 Å². The molecule has 3 rings (SSSR count). The molecular weight excluding hydrogens is 436 g/mol. The van der Waals surface area contributed by atoms with Gasteiger partial charge in [0.25, 0.3) is 10.0 Å². The minimum atomic E-state index is -4.16. The van der Waals surface area contributed by atoms with Crippen LogP contribution in [0, 0.1) is 11.6 Å². The van der Waals surface area contributed by atoms with Gasteiger partial charge in [-0.05, 0) is 43.5 Å². The molecule has 1 heterocycles. The zero-order valence-corrected chi connectivity index (χ0v) is 18.2. The molecule has 0 amide bonds.